The average molecular weight is 332 g/mol. The molecule has 1 saturated heterocycles. The number of carbonyl (C=O) groups excluding carboxylic acids is 1. The van der Waals surface area contributed by atoms with Crippen LogP contribution in [0.15, 0.2) is 18.2 Å². The molecule has 0 radical (unpaired) electrons. The zero-order valence-corrected chi connectivity index (χ0v) is 13.1. The Labute approximate surface area is 132 Å². The van der Waals surface area contributed by atoms with Gasteiger partial charge in [0.2, 0.25) is 0 Å². The van der Waals surface area contributed by atoms with Crippen molar-refractivity contribution in [2.45, 2.75) is 38.9 Å². The summed E-state index contributed by atoms with van der Waals surface area (Å²) in [6, 6.07) is 1.83. The van der Waals surface area contributed by atoms with E-state index in [4.69, 9.17) is 0 Å². The van der Waals surface area contributed by atoms with Crippen LogP contribution in [0.1, 0.15) is 42.6 Å². The van der Waals surface area contributed by atoms with E-state index in [0.717, 1.165) is 19.4 Å². The molecule has 1 heterocycles. The van der Waals surface area contributed by atoms with Crippen LogP contribution < -0.4 is 10.6 Å². The van der Waals surface area contributed by atoms with Crippen molar-refractivity contribution < 1.29 is 22.4 Å². The Hall–Kier alpha value is -1.63. The Bertz CT molecular complexity index is 584. The number of amides is 1. The summed E-state index contributed by atoms with van der Waals surface area (Å²) in [5.74, 6) is -1.80. The first-order chi connectivity index (χ1) is 10.6. The highest BCUT2D eigenvalue weighted by Crippen LogP contribution is 2.31. The number of nitrogens with one attached hydrogen (secondary N) is 2. The van der Waals surface area contributed by atoms with Crippen LogP contribution >= 0.6 is 0 Å². The molecule has 1 amide bonds. The molecule has 1 fully saturated rings. The van der Waals surface area contributed by atoms with E-state index >= 15 is 0 Å². The van der Waals surface area contributed by atoms with Gasteiger partial charge in [-0.2, -0.15) is 13.2 Å². The number of hydrogen-bond acceptors (Lipinski definition) is 2. The van der Waals surface area contributed by atoms with Gasteiger partial charge in [-0.15, -0.1) is 0 Å². The van der Waals surface area contributed by atoms with Gasteiger partial charge in [-0.3, -0.25) is 4.79 Å². The Morgan fingerprint density at radius 3 is 2.70 bits per heavy atom. The normalized spacial score (nSPS) is 21.0. The first-order valence-corrected chi connectivity index (χ1v) is 7.49. The van der Waals surface area contributed by atoms with Gasteiger partial charge in [0.05, 0.1) is 11.1 Å². The molecule has 2 N–H and O–H groups in total. The van der Waals surface area contributed by atoms with E-state index in [9.17, 15) is 22.4 Å². The molecule has 3 nitrogen and oxygen atoms in total. The fraction of sp³-hybridized carbons (Fsp3) is 0.562. The lowest BCUT2D eigenvalue weighted by Gasteiger charge is -2.39. The molecule has 2 rings (SSSR count). The lowest BCUT2D eigenvalue weighted by Crippen LogP contribution is -2.52. The molecular weight excluding hydrogens is 312 g/mol. The summed E-state index contributed by atoms with van der Waals surface area (Å²) in [6.07, 6.45) is -2.60. The van der Waals surface area contributed by atoms with Crippen molar-refractivity contribution in [3.05, 3.63) is 35.1 Å². The van der Waals surface area contributed by atoms with Crippen LogP contribution in [-0.2, 0) is 6.18 Å². The lowest BCUT2D eigenvalue weighted by molar-refractivity contribution is -0.137. The quantitative estimate of drug-likeness (QED) is 0.834. The Morgan fingerprint density at radius 2 is 2.09 bits per heavy atom. The highest BCUT2D eigenvalue weighted by molar-refractivity contribution is 5.94. The zero-order chi connectivity index (χ0) is 17.3. The number of halogens is 4. The Balaban J connectivity index is 2.09. The predicted octanol–water partition coefficient (Wildman–Crippen LogP) is 3.35. The highest BCUT2D eigenvalue weighted by Gasteiger charge is 2.33. The second kappa shape index (κ2) is 6.47. The third-order valence-corrected chi connectivity index (χ3v) is 4.34. The minimum atomic E-state index is -4.62. The van der Waals surface area contributed by atoms with E-state index in [-0.39, 0.29) is 18.0 Å². The molecule has 1 atom stereocenters. The largest absolute Gasteiger partial charge is 0.416 e. The first-order valence-electron chi connectivity index (χ1n) is 7.49. The van der Waals surface area contributed by atoms with Crippen LogP contribution in [0.3, 0.4) is 0 Å². The van der Waals surface area contributed by atoms with E-state index in [2.05, 4.69) is 24.5 Å². The standard InChI is InChI=1S/C16H20F4N2O/c1-15(2)6-3-7-21-13(15)9-22-14(23)11-8-10(16(18,19)20)4-5-12(11)17/h4-5,8,13,21H,3,6-7,9H2,1-2H3,(H,22,23). The van der Waals surface area contributed by atoms with E-state index in [1.54, 1.807) is 0 Å². The first kappa shape index (κ1) is 17.7. The molecule has 0 spiro atoms. The van der Waals surface area contributed by atoms with Crippen molar-refractivity contribution in [1.29, 1.82) is 0 Å². The molecule has 0 saturated carbocycles. The van der Waals surface area contributed by atoms with Gasteiger partial charge < -0.3 is 10.6 Å². The van der Waals surface area contributed by atoms with Gasteiger partial charge >= 0.3 is 6.18 Å². The monoisotopic (exact) mass is 332 g/mol. The molecule has 23 heavy (non-hydrogen) atoms. The summed E-state index contributed by atoms with van der Waals surface area (Å²) in [5, 5.41) is 5.81. The van der Waals surface area contributed by atoms with E-state index in [1.165, 1.54) is 0 Å². The van der Waals surface area contributed by atoms with Gasteiger partial charge in [0.15, 0.2) is 0 Å². The molecule has 1 aliphatic heterocycles. The van der Waals surface area contributed by atoms with Crippen molar-refractivity contribution in [2.24, 2.45) is 5.41 Å². The van der Waals surface area contributed by atoms with Crippen molar-refractivity contribution in [3.8, 4) is 0 Å². The van der Waals surface area contributed by atoms with E-state index < -0.39 is 29.0 Å². The average Bonchev–Trinajstić information content (AvgIpc) is 2.44. The van der Waals surface area contributed by atoms with Crippen molar-refractivity contribution in [2.75, 3.05) is 13.1 Å². The molecule has 1 aliphatic rings. The summed E-state index contributed by atoms with van der Waals surface area (Å²) in [4.78, 5) is 12.1. The summed E-state index contributed by atoms with van der Waals surface area (Å²) >= 11 is 0. The van der Waals surface area contributed by atoms with Crippen molar-refractivity contribution in [3.63, 3.8) is 0 Å². The third kappa shape index (κ3) is 4.22. The molecule has 0 bridgehead atoms. The van der Waals surface area contributed by atoms with Crippen LogP contribution in [0.25, 0.3) is 0 Å². The maximum absolute atomic E-state index is 13.7. The number of alkyl halides is 3. The second-order valence-electron chi connectivity index (χ2n) is 6.50. The van der Waals surface area contributed by atoms with Gasteiger partial charge in [-0.25, -0.2) is 4.39 Å². The molecule has 1 aromatic rings. The second-order valence-corrected chi connectivity index (χ2v) is 6.50. The smallest absolute Gasteiger partial charge is 0.350 e. The lowest BCUT2D eigenvalue weighted by atomic mass is 9.77. The fourth-order valence-corrected chi connectivity index (χ4v) is 2.78. The van der Waals surface area contributed by atoms with Crippen LogP contribution in [0.2, 0.25) is 0 Å². The van der Waals surface area contributed by atoms with Crippen molar-refractivity contribution >= 4 is 5.91 Å². The molecule has 0 aliphatic carbocycles. The third-order valence-electron chi connectivity index (χ3n) is 4.34. The van der Waals surface area contributed by atoms with E-state index in [0.29, 0.717) is 18.2 Å². The molecule has 0 aromatic heterocycles. The molecule has 1 aromatic carbocycles. The van der Waals surface area contributed by atoms with Crippen LogP contribution in [-0.4, -0.2) is 25.0 Å². The van der Waals surface area contributed by atoms with Crippen LogP contribution in [0.5, 0.6) is 0 Å². The van der Waals surface area contributed by atoms with Gasteiger partial charge in [-0.1, -0.05) is 13.8 Å². The number of benzene rings is 1. The topological polar surface area (TPSA) is 41.1 Å². The van der Waals surface area contributed by atoms with Crippen LogP contribution in [0.4, 0.5) is 17.6 Å². The number of hydrogen-bond donors (Lipinski definition) is 2. The van der Waals surface area contributed by atoms with Crippen molar-refractivity contribution in [1.82, 2.24) is 10.6 Å². The molecule has 128 valence electrons. The number of rotatable bonds is 3. The minimum Gasteiger partial charge on any atom is -0.350 e. The molecule has 1 unspecified atom stereocenters. The maximum atomic E-state index is 13.7. The predicted molar refractivity (Wildman–Crippen MR) is 78.5 cm³/mol. The zero-order valence-electron chi connectivity index (χ0n) is 13.1. The highest BCUT2D eigenvalue weighted by atomic mass is 19.4. The fourth-order valence-electron chi connectivity index (χ4n) is 2.78. The Kier molecular flexibility index (Phi) is 4.98. The summed E-state index contributed by atoms with van der Waals surface area (Å²) in [7, 11) is 0. The summed E-state index contributed by atoms with van der Waals surface area (Å²) in [6.45, 7) is 5.17. The van der Waals surface area contributed by atoms with Gasteiger partial charge in [0, 0.05) is 12.6 Å². The van der Waals surface area contributed by atoms with Gasteiger partial charge in [0.1, 0.15) is 5.82 Å². The Morgan fingerprint density at radius 1 is 1.39 bits per heavy atom. The molecule has 7 heteroatoms. The minimum absolute atomic E-state index is 0.00550. The summed E-state index contributed by atoms with van der Waals surface area (Å²) in [5.41, 5.74) is -1.67. The number of piperidine rings is 1. The van der Waals surface area contributed by atoms with Gasteiger partial charge in [0.25, 0.3) is 5.91 Å². The number of carbonyl (C=O) groups is 1. The van der Waals surface area contributed by atoms with Gasteiger partial charge in [-0.05, 0) is 43.0 Å². The summed E-state index contributed by atoms with van der Waals surface area (Å²) < 4.78 is 51.7. The SMILES string of the molecule is CC1(C)CCCNC1CNC(=O)c1cc(C(F)(F)F)ccc1F. The van der Waals surface area contributed by atoms with E-state index in [1.807, 2.05) is 0 Å². The maximum Gasteiger partial charge on any atom is 0.416 e. The molecular formula is C16H20F4N2O. The van der Waals surface area contributed by atoms with Crippen LogP contribution in [0, 0.1) is 11.2 Å².